The Labute approximate surface area is 366 Å². The molecule has 0 aliphatic heterocycles. The number of rotatable bonds is 12. The lowest BCUT2D eigenvalue weighted by Crippen LogP contribution is -2.45. The molecule has 0 bridgehead atoms. The number of pyridine rings is 2. The molecule has 4 rings (SSSR count). The normalized spacial score (nSPS) is 12.4. The number of carbonyl (C=O) groups is 2. The highest BCUT2D eigenvalue weighted by Gasteiger charge is 2.30. The van der Waals surface area contributed by atoms with Crippen LogP contribution in [-0.2, 0) is 15.7 Å². The Morgan fingerprint density at radius 3 is 1.44 bits per heavy atom. The third-order valence-electron chi connectivity index (χ3n) is 8.19. The van der Waals surface area contributed by atoms with E-state index in [4.69, 9.17) is 29.0 Å². The number of alkyl halides is 3. The second kappa shape index (κ2) is 24.0. The second-order valence-electron chi connectivity index (χ2n) is 16.7. The van der Waals surface area contributed by atoms with Crippen LogP contribution in [-0.4, -0.2) is 75.8 Å². The molecule has 0 spiro atoms. The summed E-state index contributed by atoms with van der Waals surface area (Å²) in [6, 6.07) is 18.5. The Morgan fingerprint density at radius 2 is 1.10 bits per heavy atom. The highest BCUT2D eigenvalue weighted by molar-refractivity contribution is 9.10. The van der Waals surface area contributed by atoms with Gasteiger partial charge in [-0.3, -0.25) is 0 Å². The number of carbonyl (C=O) groups excluding carboxylic acids is 2. The largest absolute Gasteiger partial charge is 0.488 e. The monoisotopic (exact) mass is 918 g/mol. The highest BCUT2D eigenvalue weighted by atomic mass is 79.9. The van der Waals surface area contributed by atoms with Crippen LogP contribution in [0, 0.1) is 18.8 Å². The minimum atomic E-state index is -4.37. The Kier molecular flexibility index (Phi) is 20.5. The summed E-state index contributed by atoms with van der Waals surface area (Å²) < 4.78 is 60.8. The number of ether oxygens (including phenoxy) is 4. The van der Waals surface area contributed by atoms with Crippen molar-refractivity contribution in [2.45, 2.75) is 106 Å². The minimum Gasteiger partial charge on any atom is -0.475 e. The van der Waals surface area contributed by atoms with Crippen LogP contribution >= 0.6 is 15.9 Å². The number of hydrogen-bond acceptors (Lipinski definition) is 10. The quantitative estimate of drug-likeness (QED) is 0.101. The lowest BCUT2D eigenvalue weighted by Gasteiger charge is -2.25. The van der Waals surface area contributed by atoms with E-state index in [0.717, 1.165) is 22.2 Å². The third-order valence-corrected chi connectivity index (χ3v) is 8.66. The SMILES string of the molecule is CC(C)[C@@H](COc1ccc(-c2ccc(C(F)(F)F)cc2)cn1)NC(=O)OC(C)(C)C.CC(C)[C@@H](COc1ccc(Br)cn1)NC(=O)OC(C)(C)C.Cc1ccc(B(O)O)cc1. The predicted octanol–water partition coefficient (Wildman–Crippen LogP) is 9.14. The van der Waals surface area contributed by atoms with Crippen LogP contribution in [0.5, 0.6) is 11.8 Å². The van der Waals surface area contributed by atoms with Crippen molar-refractivity contribution in [2.24, 2.45) is 11.8 Å². The van der Waals surface area contributed by atoms with E-state index >= 15 is 0 Å². The lowest BCUT2D eigenvalue weighted by atomic mass is 9.80. The van der Waals surface area contributed by atoms with Gasteiger partial charge in [-0.2, -0.15) is 13.2 Å². The average Bonchev–Trinajstić information content (AvgIpc) is 3.14. The van der Waals surface area contributed by atoms with Gasteiger partial charge in [0, 0.05) is 34.6 Å². The Bertz CT molecular complexity index is 1900. The summed E-state index contributed by atoms with van der Waals surface area (Å²) in [7, 11) is -1.35. The van der Waals surface area contributed by atoms with Crippen LogP contribution in [0.2, 0.25) is 0 Å². The van der Waals surface area contributed by atoms with Crippen molar-refractivity contribution in [2.75, 3.05) is 13.2 Å². The molecule has 0 unspecified atom stereocenters. The molecule has 0 fully saturated rings. The number of alkyl carbamates (subject to hydrolysis) is 2. The summed E-state index contributed by atoms with van der Waals surface area (Å²) in [5, 5.41) is 23.0. The van der Waals surface area contributed by atoms with Gasteiger partial charge >= 0.3 is 25.5 Å². The first-order valence-electron chi connectivity index (χ1n) is 19.6. The maximum absolute atomic E-state index is 12.7. The van der Waals surface area contributed by atoms with Crippen molar-refractivity contribution < 1.29 is 51.8 Å². The molecule has 2 aromatic heterocycles. The Balaban J connectivity index is 0.000000356. The fourth-order valence-corrected chi connectivity index (χ4v) is 4.98. The summed E-state index contributed by atoms with van der Waals surface area (Å²) in [6.45, 7) is 21.3. The van der Waals surface area contributed by atoms with E-state index in [0.29, 0.717) is 35.0 Å². The molecule has 2 heterocycles. The summed E-state index contributed by atoms with van der Waals surface area (Å²) in [4.78, 5) is 32.2. The zero-order chi connectivity index (χ0) is 46.1. The number of hydrogen-bond donors (Lipinski definition) is 4. The molecule has 4 N–H and O–H groups in total. The highest BCUT2D eigenvalue weighted by Crippen LogP contribution is 2.31. The first-order valence-corrected chi connectivity index (χ1v) is 20.4. The number of aryl methyl sites for hydroxylation is 1. The van der Waals surface area contributed by atoms with Crippen molar-refractivity contribution >= 4 is 40.7 Å². The van der Waals surface area contributed by atoms with E-state index in [1.807, 2.05) is 73.6 Å². The average molecular weight is 920 g/mol. The minimum absolute atomic E-state index is 0.101. The van der Waals surface area contributed by atoms with Crippen LogP contribution in [0.4, 0.5) is 22.8 Å². The van der Waals surface area contributed by atoms with Crippen LogP contribution in [0.3, 0.4) is 0 Å². The molecular formula is C44H59BBrF3N4O8. The van der Waals surface area contributed by atoms with Crippen LogP contribution in [0.15, 0.2) is 89.7 Å². The Morgan fingerprint density at radius 1 is 0.672 bits per heavy atom. The first kappa shape index (κ1) is 52.3. The van der Waals surface area contributed by atoms with Gasteiger partial charge in [-0.15, -0.1) is 0 Å². The number of nitrogens with one attached hydrogen (secondary N) is 2. The van der Waals surface area contributed by atoms with E-state index in [2.05, 4.69) is 36.5 Å². The summed E-state index contributed by atoms with van der Waals surface area (Å²) >= 11 is 3.32. The third kappa shape index (κ3) is 21.5. The van der Waals surface area contributed by atoms with Crippen molar-refractivity contribution in [3.05, 3.63) is 101 Å². The van der Waals surface area contributed by atoms with Gasteiger partial charge in [0.1, 0.15) is 24.4 Å². The van der Waals surface area contributed by atoms with Crippen molar-refractivity contribution in [3.63, 3.8) is 0 Å². The second-order valence-corrected chi connectivity index (χ2v) is 17.6. The number of nitrogens with zero attached hydrogens (tertiary/aromatic N) is 2. The fourth-order valence-electron chi connectivity index (χ4n) is 4.74. The van der Waals surface area contributed by atoms with Gasteiger partial charge in [0.2, 0.25) is 11.8 Å². The molecule has 4 aromatic rings. The van der Waals surface area contributed by atoms with E-state index < -0.39 is 42.2 Å². The summed E-state index contributed by atoms with van der Waals surface area (Å²) in [6.07, 6.45) is -2.12. The summed E-state index contributed by atoms with van der Waals surface area (Å²) in [5.74, 6) is 1.19. The van der Waals surface area contributed by atoms with Crippen molar-refractivity contribution in [1.82, 2.24) is 20.6 Å². The van der Waals surface area contributed by atoms with Crippen LogP contribution in [0.25, 0.3) is 11.1 Å². The number of benzene rings is 2. The number of aromatic nitrogens is 2. The summed E-state index contributed by atoms with van der Waals surface area (Å²) in [5.41, 5.74) is 1.13. The van der Waals surface area contributed by atoms with Gasteiger partial charge in [0.15, 0.2) is 0 Å². The molecule has 2 atom stereocenters. The smallest absolute Gasteiger partial charge is 0.475 e. The van der Waals surface area contributed by atoms with Gasteiger partial charge in [-0.25, -0.2) is 19.6 Å². The van der Waals surface area contributed by atoms with Gasteiger partial charge in [0.25, 0.3) is 0 Å². The van der Waals surface area contributed by atoms with Crippen LogP contribution < -0.4 is 25.6 Å². The molecule has 0 saturated carbocycles. The van der Waals surface area contributed by atoms with E-state index in [1.165, 1.54) is 18.3 Å². The standard InChI is InChI=1S/C22H27F3N2O3.C15H23BrN2O3.C7H9BO2/c1-14(2)18(27-20(28)30-21(3,4)5)13-29-19-11-8-16(12-26-19)15-6-9-17(10-7-15)22(23,24)25;1-10(2)12(18-14(19)21-15(3,4)5)9-20-13-7-6-11(16)8-17-13;1-6-2-4-7(5-3-6)8(9)10/h6-12,14,18H,13H2,1-5H3,(H,27,28);6-8,10,12H,9H2,1-5H3,(H,18,19);2-5,9-10H,1H3/t18-;12-;/m11./s1. The topological polar surface area (TPSA) is 161 Å². The van der Waals surface area contributed by atoms with Gasteiger partial charge in [0.05, 0.1) is 17.6 Å². The van der Waals surface area contributed by atoms with Gasteiger partial charge in [-0.05, 0) is 112 Å². The van der Waals surface area contributed by atoms with E-state index in [-0.39, 0.29) is 30.5 Å². The van der Waals surface area contributed by atoms with Gasteiger partial charge < -0.3 is 39.6 Å². The predicted molar refractivity (Wildman–Crippen MR) is 235 cm³/mol. The molecule has 2 aromatic carbocycles. The molecule has 0 aliphatic carbocycles. The zero-order valence-electron chi connectivity index (χ0n) is 36.6. The van der Waals surface area contributed by atoms with Gasteiger partial charge in [-0.1, -0.05) is 69.7 Å². The molecule has 2 amide bonds. The zero-order valence-corrected chi connectivity index (χ0v) is 38.2. The molecule has 61 heavy (non-hydrogen) atoms. The lowest BCUT2D eigenvalue weighted by molar-refractivity contribution is -0.137. The Hall–Kier alpha value is -4.87. The molecule has 17 heteroatoms. The van der Waals surface area contributed by atoms with Crippen LogP contribution in [0.1, 0.15) is 80.4 Å². The fraction of sp³-hybridized carbons (Fsp3) is 0.455. The molecule has 334 valence electrons. The molecule has 0 saturated heterocycles. The molecule has 0 radical (unpaired) electrons. The maximum Gasteiger partial charge on any atom is 0.488 e. The van der Waals surface area contributed by atoms with E-state index in [1.54, 1.807) is 57.3 Å². The number of amides is 2. The molecule has 12 nitrogen and oxygen atoms in total. The number of halogens is 4. The maximum atomic E-state index is 12.7. The molecular weight excluding hydrogens is 860 g/mol. The van der Waals surface area contributed by atoms with E-state index in [9.17, 15) is 22.8 Å². The van der Waals surface area contributed by atoms with Crippen molar-refractivity contribution in [1.29, 1.82) is 0 Å². The van der Waals surface area contributed by atoms with Crippen molar-refractivity contribution in [3.8, 4) is 22.9 Å². The molecule has 0 aliphatic rings. The first-order chi connectivity index (χ1) is 28.2.